The fourth-order valence-corrected chi connectivity index (χ4v) is 3.86. The molecule has 0 radical (unpaired) electrons. The molecule has 0 aliphatic carbocycles. The van der Waals surface area contributed by atoms with E-state index in [0.717, 1.165) is 22.3 Å². The number of hydrogen-bond donors (Lipinski definition) is 2. The van der Waals surface area contributed by atoms with Crippen LogP contribution in [-0.4, -0.2) is 32.8 Å². The second-order valence-corrected chi connectivity index (χ2v) is 6.78. The number of nitrogens with zero attached hydrogens (tertiary/aromatic N) is 4. The van der Waals surface area contributed by atoms with Crippen molar-refractivity contribution >= 4 is 38.8 Å². The molecule has 0 aliphatic heterocycles. The van der Waals surface area contributed by atoms with Gasteiger partial charge in [-0.05, 0) is 24.6 Å². The third kappa shape index (κ3) is 2.62. The number of carbonyl (C=O) groups excluding carboxylic acids is 1. The smallest absolute Gasteiger partial charge is 0.263 e. The second-order valence-electron chi connectivity index (χ2n) is 5.78. The maximum absolute atomic E-state index is 12.6. The Hall–Kier alpha value is -3.20. The molecule has 0 aliphatic rings. The lowest BCUT2D eigenvalue weighted by Gasteiger charge is -2.06. The minimum Gasteiger partial charge on any atom is -0.497 e. The molecule has 0 saturated heterocycles. The van der Waals surface area contributed by atoms with E-state index in [-0.39, 0.29) is 5.91 Å². The van der Waals surface area contributed by atoms with E-state index in [2.05, 4.69) is 20.6 Å². The van der Waals surface area contributed by atoms with E-state index in [1.807, 2.05) is 31.2 Å². The third-order valence-electron chi connectivity index (χ3n) is 4.18. The lowest BCUT2D eigenvalue weighted by Crippen LogP contribution is -2.22. The number of benzene rings is 1. The van der Waals surface area contributed by atoms with Crippen molar-refractivity contribution in [3.05, 3.63) is 46.6 Å². The van der Waals surface area contributed by atoms with Gasteiger partial charge in [0, 0.05) is 17.5 Å². The van der Waals surface area contributed by atoms with E-state index in [9.17, 15) is 4.79 Å². The average molecular weight is 368 g/mol. The molecule has 1 amide bonds. The summed E-state index contributed by atoms with van der Waals surface area (Å²) >= 11 is 1.26. The Morgan fingerprint density at radius 1 is 1.35 bits per heavy atom. The molecular weight excluding hydrogens is 352 g/mol. The van der Waals surface area contributed by atoms with Crippen LogP contribution in [0, 0.1) is 6.92 Å². The Bertz CT molecular complexity index is 1120. The molecule has 0 atom stereocenters. The molecule has 3 heterocycles. The van der Waals surface area contributed by atoms with Crippen LogP contribution in [-0.2, 0) is 6.54 Å². The molecule has 26 heavy (non-hydrogen) atoms. The summed E-state index contributed by atoms with van der Waals surface area (Å²) in [5.41, 5.74) is 9.13. The van der Waals surface area contributed by atoms with E-state index < -0.39 is 0 Å². The van der Waals surface area contributed by atoms with Gasteiger partial charge in [-0.25, -0.2) is 0 Å². The lowest BCUT2D eigenvalue weighted by atomic mass is 10.2. The van der Waals surface area contributed by atoms with Gasteiger partial charge in [-0.2, -0.15) is 9.61 Å². The molecule has 4 rings (SSSR count). The predicted octanol–water partition coefficient (Wildman–Crippen LogP) is 2.17. The summed E-state index contributed by atoms with van der Waals surface area (Å²) in [4.78, 5) is 13.7. The summed E-state index contributed by atoms with van der Waals surface area (Å²) in [7, 11) is 1.62. The molecule has 0 unspecified atom stereocenters. The molecule has 0 bridgehead atoms. The van der Waals surface area contributed by atoms with Gasteiger partial charge >= 0.3 is 0 Å². The summed E-state index contributed by atoms with van der Waals surface area (Å²) in [6, 6.07) is 7.51. The van der Waals surface area contributed by atoms with Crippen LogP contribution in [0.2, 0.25) is 0 Å². The molecule has 9 heteroatoms. The Morgan fingerprint density at radius 2 is 2.12 bits per heavy atom. The van der Waals surface area contributed by atoms with E-state index in [1.165, 1.54) is 17.7 Å². The molecule has 1 aromatic carbocycles. The first-order valence-electron chi connectivity index (χ1n) is 7.88. The van der Waals surface area contributed by atoms with Crippen LogP contribution >= 0.6 is 11.3 Å². The van der Waals surface area contributed by atoms with Crippen LogP contribution in [0.25, 0.3) is 15.9 Å². The number of aryl methyl sites for hydroxylation is 1. The number of nitrogens with two attached hydrogens (primary N) is 1. The first-order valence-corrected chi connectivity index (χ1v) is 8.70. The number of ether oxygens (including phenoxy) is 1. The molecule has 132 valence electrons. The quantitative estimate of drug-likeness (QED) is 0.572. The van der Waals surface area contributed by atoms with Gasteiger partial charge in [0.2, 0.25) is 0 Å². The largest absolute Gasteiger partial charge is 0.497 e. The normalized spacial score (nSPS) is 11.2. The molecule has 0 spiro atoms. The molecule has 4 aromatic rings. The Morgan fingerprint density at radius 3 is 2.85 bits per heavy atom. The first-order chi connectivity index (χ1) is 12.6. The number of anilines is 1. The van der Waals surface area contributed by atoms with Crippen molar-refractivity contribution in [2.45, 2.75) is 13.5 Å². The van der Waals surface area contributed by atoms with Crippen molar-refractivity contribution in [2.75, 3.05) is 12.8 Å². The number of carbonyl (C=O) groups is 1. The van der Waals surface area contributed by atoms with Crippen LogP contribution in [0.15, 0.2) is 30.6 Å². The van der Waals surface area contributed by atoms with Crippen LogP contribution in [0.5, 0.6) is 5.75 Å². The highest BCUT2D eigenvalue weighted by atomic mass is 32.1. The monoisotopic (exact) mass is 368 g/mol. The average Bonchev–Trinajstić information content (AvgIpc) is 3.25. The number of nitrogens with one attached hydrogen (secondary N) is 1. The SMILES string of the molecule is COc1ccc(CNC(=O)c2sc3nn4cnnc4c(C)c3c2N)cc1. The highest BCUT2D eigenvalue weighted by Gasteiger charge is 2.20. The number of rotatable bonds is 4. The summed E-state index contributed by atoms with van der Waals surface area (Å²) in [6.45, 7) is 2.30. The first kappa shape index (κ1) is 16.3. The number of amides is 1. The summed E-state index contributed by atoms with van der Waals surface area (Å²) < 4.78 is 6.72. The van der Waals surface area contributed by atoms with Gasteiger partial charge in [0.15, 0.2) is 5.65 Å². The zero-order valence-corrected chi connectivity index (χ0v) is 15.0. The van der Waals surface area contributed by atoms with Crippen LogP contribution in [0.4, 0.5) is 5.69 Å². The van der Waals surface area contributed by atoms with Gasteiger partial charge in [0.05, 0.1) is 12.8 Å². The van der Waals surface area contributed by atoms with Gasteiger partial charge < -0.3 is 15.8 Å². The zero-order valence-electron chi connectivity index (χ0n) is 14.2. The van der Waals surface area contributed by atoms with Crippen molar-refractivity contribution in [2.24, 2.45) is 0 Å². The number of fused-ring (bicyclic) bond motifs is 2. The zero-order chi connectivity index (χ0) is 18.3. The van der Waals surface area contributed by atoms with Crippen molar-refractivity contribution < 1.29 is 9.53 Å². The van der Waals surface area contributed by atoms with Gasteiger partial charge in [0.25, 0.3) is 5.91 Å². The van der Waals surface area contributed by atoms with E-state index >= 15 is 0 Å². The van der Waals surface area contributed by atoms with Crippen molar-refractivity contribution in [3.63, 3.8) is 0 Å². The van der Waals surface area contributed by atoms with Crippen molar-refractivity contribution in [1.29, 1.82) is 0 Å². The maximum atomic E-state index is 12.6. The summed E-state index contributed by atoms with van der Waals surface area (Å²) in [6.07, 6.45) is 1.53. The highest BCUT2D eigenvalue weighted by Crippen LogP contribution is 2.35. The Labute approximate surface area is 152 Å². The third-order valence-corrected chi connectivity index (χ3v) is 5.27. The second kappa shape index (κ2) is 6.26. The minimum absolute atomic E-state index is 0.225. The highest BCUT2D eigenvalue weighted by molar-refractivity contribution is 7.21. The van der Waals surface area contributed by atoms with Gasteiger partial charge in [-0.1, -0.05) is 12.1 Å². The molecule has 0 saturated carbocycles. The van der Waals surface area contributed by atoms with E-state index in [0.29, 0.717) is 27.6 Å². The van der Waals surface area contributed by atoms with Crippen LogP contribution in [0.1, 0.15) is 20.8 Å². The van der Waals surface area contributed by atoms with Crippen LogP contribution in [0.3, 0.4) is 0 Å². The topological polar surface area (TPSA) is 107 Å². The molecule has 8 nitrogen and oxygen atoms in total. The fraction of sp³-hybridized carbons (Fsp3) is 0.176. The van der Waals surface area contributed by atoms with E-state index in [1.54, 1.807) is 11.6 Å². The van der Waals surface area contributed by atoms with Gasteiger partial charge in [-0.3, -0.25) is 4.79 Å². The standard InChI is InChI=1S/C17H16N6O2S/c1-9-12-13(18)14(26-17(12)22-23-8-20-21-15(9)23)16(24)19-7-10-3-5-11(25-2)6-4-10/h3-6,8H,7,18H2,1-2H3,(H,19,24). The van der Waals surface area contributed by atoms with Crippen molar-refractivity contribution in [3.8, 4) is 5.75 Å². The number of thiophene rings is 1. The van der Waals surface area contributed by atoms with Crippen molar-refractivity contribution in [1.82, 2.24) is 25.1 Å². The fourth-order valence-electron chi connectivity index (χ4n) is 2.80. The Kier molecular flexibility index (Phi) is 3.92. The number of aromatic nitrogens is 4. The molecule has 3 aromatic heterocycles. The summed E-state index contributed by atoms with van der Waals surface area (Å²) in [5.74, 6) is 0.548. The number of hydrogen-bond acceptors (Lipinski definition) is 7. The van der Waals surface area contributed by atoms with E-state index in [4.69, 9.17) is 10.5 Å². The van der Waals surface area contributed by atoms with Crippen LogP contribution < -0.4 is 15.8 Å². The number of nitrogen functional groups attached to an aromatic ring is 1. The molecule has 0 fully saturated rings. The Balaban J connectivity index is 1.62. The maximum Gasteiger partial charge on any atom is 0.263 e. The predicted molar refractivity (Wildman–Crippen MR) is 99.5 cm³/mol. The van der Waals surface area contributed by atoms with Gasteiger partial charge in [0.1, 0.15) is 21.8 Å². The minimum atomic E-state index is -0.225. The summed E-state index contributed by atoms with van der Waals surface area (Å²) in [5, 5.41) is 16.0. The molecule has 3 N–H and O–H groups in total. The number of methoxy groups -OCH3 is 1. The lowest BCUT2D eigenvalue weighted by molar-refractivity contribution is 0.0956. The molecular formula is C17H16N6O2S. The van der Waals surface area contributed by atoms with Gasteiger partial charge in [-0.15, -0.1) is 21.5 Å².